The lowest BCUT2D eigenvalue weighted by Gasteiger charge is -2.13. The van der Waals surface area contributed by atoms with Crippen molar-refractivity contribution in [2.75, 3.05) is 27.8 Å². The first-order chi connectivity index (χ1) is 12.9. The van der Waals surface area contributed by atoms with E-state index >= 15 is 0 Å². The quantitative estimate of drug-likeness (QED) is 0.455. The molecule has 7 heteroatoms. The number of amides is 2. The maximum atomic E-state index is 12.5. The molecule has 0 aliphatic rings. The summed E-state index contributed by atoms with van der Waals surface area (Å²) in [6.45, 7) is 0. The molecule has 0 aliphatic carbocycles. The molecule has 8 N–H and O–H groups in total. The summed E-state index contributed by atoms with van der Waals surface area (Å²) >= 11 is 0. The summed E-state index contributed by atoms with van der Waals surface area (Å²) in [5, 5.41) is 5.53. The highest BCUT2D eigenvalue weighted by Crippen LogP contribution is 2.26. The molecule has 0 saturated carbocycles. The number of anilines is 5. The summed E-state index contributed by atoms with van der Waals surface area (Å²) in [7, 11) is 0. The van der Waals surface area contributed by atoms with Gasteiger partial charge in [-0.25, -0.2) is 0 Å². The number of nitrogens with two attached hydrogens (primary N) is 3. The van der Waals surface area contributed by atoms with E-state index in [0.717, 1.165) is 0 Å². The Morgan fingerprint density at radius 1 is 0.556 bits per heavy atom. The largest absolute Gasteiger partial charge is 0.399 e. The Labute approximate surface area is 156 Å². The molecule has 3 aromatic carbocycles. The molecule has 0 unspecified atom stereocenters. The van der Waals surface area contributed by atoms with Gasteiger partial charge in [-0.3, -0.25) is 9.59 Å². The lowest BCUT2D eigenvalue weighted by atomic mass is 10.1. The van der Waals surface area contributed by atoms with Crippen LogP contribution in [0.5, 0.6) is 0 Å². The first-order valence-electron chi connectivity index (χ1n) is 8.16. The minimum absolute atomic E-state index is 0.331. The minimum atomic E-state index is -0.344. The van der Waals surface area contributed by atoms with Crippen molar-refractivity contribution in [2.24, 2.45) is 0 Å². The highest BCUT2D eigenvalue weighted by molar-refractivity contribution is 6.10. The fourth-order valence-electron chi connectivity index (χ4n) is 2.43. The fourth-order valence-corrected chi connectivity index (χ4v) is 2.43. The van der Waals surface area contributed by atoms with Crippen LogP contribution in [-0.2, 0) is 0 Å². The van der Waals surface area contributed by atoms with E-state index in [1.54, 1.807) is 66.7 Å². The molecule has 7 nitrogen and oxygen atoms in total. The number of nitrogens with one attached hydrogen (secondary N) is 2. The summed E-state index contributed by atoms with van der Waals surface area (Å²) in [6, 6.07) is 17.9. The van der Waals surface area contributed by atoms with Crippen LogP contribution >= 0.6 is 0 Å². The van der Waals surface area contributed by atoms with Gasteiger partial charge in [0.2, 0.25) is 0 Å². The number of hydrogen-bond donors (Lipinski definition) is 5. The number of nitrogen functional groups attached to an aromatic ring is 3. The summed E-state index contributed by atoms with van der Waals surface area (Å²) in [6.07, 6.45) is 0. The molecule has 3 aromatic rings. The Kier molecular flexibility index (Phi) is 4.94. The summed E-state index contributed by atoms with van der Waals surface area (Å²) in [4.78, 5) is 24.9. The third kappa shape index (κ3) is 4.35. The molecule has 2 amide bonds. The van der Waals surface area contributed by atoms with Crippen LogP contribution in [0.15, 0.2) is 66.7 Å². The molecular weight excluding hydrogens is 342 g/mol. The Hall–Kier alpha value is -4.00. The second kappa shape index (κ2) is 7.49. The van der Waals surface area contributed by atoms with Crippen molar-refractivity contribution in [1.82, 2.24) is 0 Å². The minimum Gasteiger partial charge on any atom is -0.399 e. The van der Waals surface area contributed by atoms with Crippen molar-refractivity contribution < 1.29 is 9.59 Å². The van der Waals surface area contributed by atoms with E-state index in [9.17, 15) is 9.59 Å². The molecule has 0 aliphatic heterocycles. The number of carbonyl (C=O) groups is 2. The SMILES string of the molecule is Nc1ccc(C(=O)Nc2ccc(N)cc2NC(=O)c2ccc(N)cc2)cc1. The molecule has 3 rings (SSSR count). The Bertz CT molecular complexity index is 982. The van der Waals surface area contributed by atoms with Crippen molar-refractivity contribution in [3.8, 4) is 0 Å². The van der Waals surface area contributed by atoms with Crippen LogP contribution in [0.1, 0.15) is 20.7 Å². The van der Waals surface area contributed by atoms with Gasteiger partial charge in [0, 0.05) is 28.2 Å². The molecule has 0 fully saturated rings. The van der Waals surface area contributed by atoms with Gasteiger partial charge in [-0.15, -0.1) is 0 Å². The van der Waals surface area contributed by atoms with Gasteiger partial charge in [0.05, 0.1) is 11.4 Å². The van der Waals surface area contributed by atoms with E-state index in [-0.39, 0.29) is 11.8 Å². The van der Waals surface area contributed by atoms with Gasteiger partial charge in [-0.2, -0.15) is 0 Å². The van der Waals surface area contributed by atoms with Crippen LogP contribution in [0.4, 0.5) is 28.4 Å². The van der Waals surface area contributed by atoms with Crippen LogP contribution in [0, 0.1) is 0 Å². The second-order valence-corrected chi connectivity index (χ2v) is 5.96. The molecule has 0 heterocycles. The zero-order valence-corrected chi connectivity index (χ0v) is 14.4. The number of carbonyl (C=O) groups excluding carboxylic acids is 2. The third-order valence-corrected chi connectivity index (χ3v) is 3.89. The first-order valence-corrected chi connectivity index (χ1v) is 8.16. The van der Waals surface area contributed by atoms with Crippen LogP contribution in [0.3, 0.4) is 0 Å². The van der Waals surface area contributed by atoms with Crippen LogP contribution in [-0.4, -0.2) is 11.8 Å². The predicted octanol–water partition coefficient (Wildman–Crippen LogP) is 2.94. The van der Waals surface area contributed by atoms with Crippen molar-refractivity contribution in [2.45, 2.75) is 0 Å². The number of benzene rings is 3. The molecule has 0 radical (unpaired) electrons. The standard InChI is InChI=1S/C20H19N5O2/c21-14-5-1-12(2-6-14)19(26)24-17-10-9-16(23)11-18(17)25-20(27)13-3-7-15(22)8-4-13/h1-11H,21-23H2,(H,24,26)(H,25,27). The Morgan fingerprint density at radius 3 is 1.44 bits per heavy atom. The van der Waals surface area contributed by atoms with E-state index in [4.69, 9.17) is 17.2 Å². The number of rotatable bonds is 4. The van der Waals surface area contributed by atoms with Gasteiger partial charge in [0.1, 0.15) is 0 Å². The van der Waals surface area contributed by atoms with Crippen molar-refractivity contribution >= 4 is 40.3 Å². The second-order valence-electron chi connectivity index (χ2n) is 5.96. The molecule has 0 saturated heterocycles. The zero-order valence-electron chi connectivity index (χ0n) is 14.4. The van der Waals surface area contributed by atoms with Gasteiger partial charge in [-0.05, 0) is 66.7 Å². The molecule has 27 heavy (non-hydrogen) atoms. The molecule has 0 atom stereocenters. The van der Waals surface area contributed by atoms with Gasteiger partial charge in [-0.1, -0.05) is 0 Å². The highest BCUT2D eigenvalue weighted by atomic mass is 16.2. The summed E-state index contributed by atoms with van der Waals surface area (Å²) < 4.78 is 0. The van der Waals surface area contributed by atoms with Crippen molar-refractivity contribution in [3.63, 3.8) is 0 Å². The van der Waals surface area contributed by atoms with Crippen molar-refractivity contribution in [1.29, 1.82) is 0 Å². The van der Waals surface area contributed by atoms with E-state index in [1.165, 1.54) is 0 Å². The van der Waals surface area contributed by atoms with E-state index < -0.39 is 0 Å². The molecule has 136 valence electrons. The lowest BCUT2D eigenvalue weighted by molar-refractivity contribution is 0.101. The topological polar surface area (TPSA) is 136 Å². The average molecular weight is 361 g/mol. The molecule has 0 aromatic heterocycles. The lowest BCUT2D eigenvalue weighted by Crippen LogP contribution is -2.17. The fraction of sp³-hybridized carbons (Fsp3) is 0. The monoisotopic (exact) mass is 361 g/mol. The molecule has 0 spiro atoms. The van der Waals surface area contributed by atoms with Gasteiger partial charge >= 0.3 is 0 Å². The maximum absolute atomic E-state index is 12.5. The third-order valence-electron chi connectivity index (χ3n) is 3.89. The van der Waals surface area contributed by atoms with Gasteiger partial charge in [0.15, 0.2) is 0 Å². The highest BCUT2D eigenvalue weighted by Gasteiger charge is 2.13. The maximum Gasteiger partial charge on any atom is 0.255 e. The normalized spacial score (nSPS) is 10.2. The summed E-state index contributed by atoms with van der Waals surface area (Å²) in [5.41, 5.74) is 20.4. The Morgan fingerprint density at radius 2 is 0.963 bits per heavy atom. The predicted molar refractivity (Wildman–Crippen MR) is 108 cm³/mol. The zero-order chi connectivity index (χ0) is 19.4. The van der Waals surface area contributed by atoms with Crippen LogP contribution in [0.25, 0.3) is 0 Å². The first kappa shape index (κ1) is 17.8. The average Bonchev–Trinajstić information content (AvgIpc) is 2.65. The van der Waals surface area contributed by atoms with Crippen molar-refractivity contribution in [3.05, 3.63) is 77.9 Å². The summed E-state index contributed by atoms with van der Waals surface area (Å²) in [5.74, 6) is -0.675. The van der Waals surface area contributed by atoms with Crippen LogP contribution in [0.2, 0.25) is 0 Å². The smallest absolute Gasteiger partial charge is 0.255 e. The molecule has 0 bridgehead atoms. The molecular formula is C20H19N5O2. The van der Waals surface area contributed by atoms with E-state index in [0.29, 0.717) is 39.6 Å². The van der Waals surface area contributed by atoms with E-state index in [1.807, 2.05) is 0 Å². The number of hydrogen-bond acceptors (Lipinski definition) is 5. The van der Waals surface area contributed by atoms with Gasteiger partial charge < -0.3 is 27.8 Å². The van der Waals surface area contributed by atoms with Crippen LogP contribution < -0.4 is 27.8 Å². The Balaban J connectivity index is 1.82. The van der Waals surface area contributed by atoms with Gasteiger partial charge in [0.25, 0.3) is 11.8 Å². The van der Waals surface area contributed by atoms with E-state index in [2.05, 4.69) is 10.6 Å².